The number of ether oxygens (including phenoxy) is 1. The van der Waals surface area contributed by atoms with Crippen LogP contribution < -0.4 is 10.5 Å². The van der Waals surface area contributed by atoms with Crippen molar-refractivity contribution in [2.24, 2.45) is 5.73 Å². The molecule has 0 aliphatic rings. The number of halogens is 1. The molecule has 2 aromatic carbocycles. The Labute approximate surface area is 114 Å². The number of primary amides is 1. The summed E-state index contributed by atoms with van der Waals surface area (Å²) in [6, 6.07) is 11.2. The first kappa shape index (κ1) is 13.1. The minimum atomic E-state index is -0.511. The van der Waals surface area contributed by atoms with E-state index in [2.05, 4.69) is 0 Å². The van der Waals surface area contributed by atoms with Crippen molar-refractivity contribution in [1.82, 2.24) is 0 Å². The highest BCUT2D eigenvalue weighted by molar-refractivity contribution is 6.33. The van der Waals surface area contributed by atoms with Gasteiger partial charge in [0.1, 0.15) is 11.5 Å². The first-order valence-corrected chi connectivity index (χ1v) is 5.81. The molecule has 0 saturated heterocycles. The lowest BCUT2D eigenvalue weighted by atomic mass is 10.2. The zero-order valence-electron chi connectivity index (χ0n) is 9.80. The Kier molecular flexibility index (Phi) is 3.82. The molecule has 5 heteroatoms. The van der Waals surface area contributed by atoms with Crippen LogP contribution >= 0.6 is 11.6 Å². The summed E-state index contributed by atoms with van der Waals surface area (Å²) in [5, 5.41) is 0.321. The topological polar surface area (TPSA) is 69.4 Å². The van der Waals surface area contributed by atoms with Crippen LogP contribution in [0.3, 0.4) is 0 Å². The third-order valence-corrected chi connectivity index (χ3v) is 2.83. The summed E-state index contributed by atoms with van der Waals surface area (Å²) >= 11 is 5.89. The SMILES string of the molecule is NC(=O)c1ccc(Oc2cccc(Cl)c2C=O)cc1. The summed E-state index contributed by atoms with van der Waals surface area (Å²) in [4.78, 5) is 21.9. The summed E-state index contributed by atoms with van der Waals surface area (Å²) in [5.41, 5.74) is 5.80. The number of aldehydes is 1. The molecular weight excluding hydrogens is 266 g/mol. The van der Waals surface area contributed by atoms with Crippen molar-refractivity contribution in [3.05, 3.63) is 58.6 Å². The molecule has 2 rings (SSSR count). The first-order chi connectivity index (χ1) is 9.11. The molecule has 0 unspecified atom stereocenters. The molecule has 0 saturated carbocycles. The molecular formula is C14H10ClNO3. The molecule has 0 atom stereocenters. The third kappa shape index (κ3) is 2.92. The number of hydrogen-bond donors (Lipinski definition) is 1. The van der Waals surface area contributed by atoms with E-state index in [-0.39, 0.29) is 5.56 Å². The summed E-state index contributed by atoms with van der Waals surface area (Å²) in [7, 11) is 0. The van der Waals surface area contributed by atoms with Crippen LogP contribution in [0, 0.1) is 0 Å². The molecule has 0 fully saturated rings. The molecule has 0 aliphatic heterocycles. The molecule has 0 radical (unpaired) electrons. The second kappa shape index (κ2) is 5.54. The van der Waals surface area contributed by atoms with E-state index < -0.39 is 5.91 Å². The Morgan fingerprint density at radius 1 is 1.16 bits per heavy atom. The largest absolute Gasteiger partial charge is 0.457 e. The predicted molar refractivity (Wildman–Crippen MR) is 71.9 cm³/mol. The van der Waals surface area contributed by atoms with Crippen molar-refractivity contribution in [1.29, 1.82) is 0 Å². The molecule has 19 heavy (non-hydrogen) atoms. The Balaban J connectivity index is 2.28. The van der Waals surface area contributed by atoms with Crippen LogP contribution in [0.1, 0.15) is 20.7 Å². The number of benzene rings is 2. The van der Waals surface area contributed by atoms with Gasteiger partial charge >= 0.3 is 0 Å². The third-order valence-electron chi connectivity index (χ3n) is 2.50. The van der Waals surface area contributed by atoms with Gasteiger partial charge in [-0.25, -0.2) is 0 Å². The molecule has 2 N–H and O–H groups in total. The van der Waals surface area contributed by atoms with Crippen LogP contribution in [0.25, 0.3) is 0 Å². The highest BCUT2D eigenvalue weighted by Crippen LogP contribution is 2.29. The van der Waals surface area contributed by atoms with Gasteiger partial charge in [-0.05, 0) is 36.4 Å². The van der Waals surface area contributed by atoms with Crippen LogP contribution in [0.4, 0.5) is 0 Å². The maximum absolute atomic E-state index is 11.0. The van der Waals surface area contributed by atoms with E-state index in [0.717, 1.165) is 0 Å². The molecule has 0 aliphatic carbocycles. The van der Waals surface area contributed by atoms with Gasteiger partial charge < -0.3 is 10.5 Å². The molecule has 2 aromatic rings. The van der Waals surface area contributed by atoms with Crippen molar-refractivity contribution in [2.45, 2.75) is 0 Å². The van der Waals surface area contributed by atoms with Crippen molar-refractivity contribution in [3.8, 4) is 11.5 Å². The monoisotopic (exact) mass is 275 g/mol. The normalized spacial score (nSPS) is 9.95. The highest BCUT2D eigenvalue weighted by Gasteiger charge is 2.08. The number of nitrogens with two attached hydrogens (primary N) is 1. The average Bonchev–Trinajstić information content (AvgIpc) is 2.39. The zero-order valence-corrected chi connectivity index (χ0v) is 10.6. The standard InChI is InChI=1S/C14H10ClNO3/c15-12-2-1-3-13(11(12)8-17)19-10-6-4-9(5-7-10)14(16)18/h1-8H,(H2,16,18). The van der Waals surface area contributed by atoms with Crippen LogP contribution in [0.2, 0.25) is 5.02 Å². The van der Waals surface area contributed by atoms with Crippen LogP contribution in [-0.2, 0) is 0 Å². The van der Waals surface area contributed by atoms with Gasteiger partial charge in [-0.2, -0.15) is 0 Å². The number of carbonyl (C=O) groups is 2. The minimum absolute atomic E-state index is 0.281. The number of carbonyl (C=O) groups excluding carboxylic acids is 2. The van der Waals surface area contributed by atoms with Gasteiger partial charge in [-0.1, -0.05) is 17.7 Å². The van der Waals surface area contributed by atoms with Gasteiger partial charge in [0.25, 0.3) is 0 Å². The smallest absolute Gasteiger partial charge is 0.248 e. The number of hydrogen-bond acceptors (Lipinski definition) is 3. The van der Waals surface area contributed by atoms with Gasteiger partial charge in [0.2, 0.25) is 5.91 Å². The van der Waals surface area contributed by atoms with Gasteiger partial charge in [0.15, 0.2) is 6.29 Å². The predicted octanol–water partition coefficient (Wildman–Crippen LogP) is 3.04. The Morgan fingerprint density at radius 2 is 1.84 bits per heavy atom. The number of amides is 1. The van der Waals surface area contributed by atoms with Gasteiger partial charge in [-0.15, -0.1) is 0 Å². The van der Waals surface area contributed by atoms with Gasteiger partial charge in [-0.3, -0.25) is 9.59 Å². The van der Waals surface area contributed by atoms with Gasteiger partial charge in [0.05, 0.1) is 10.6 Å². The summed E-state index contributed by atoms with van der Waals surface area (Å²) in [5.74, 6) is 0.326. The lowest BCUT2D eigenvalue weighted by Crippen LogP contribution is -2.10. The van der Waals surface area contributed by atoms with Crippen molar-refractivity contribution < 1.29 is 14.3 Å². The van der Waals surface area contributed by atoms with E-state index in [1.165, 1.54) is 0 Å². The second-order valence-electron chi connectivity index (χ2n) is 3.76. The molecule has 0 aromatic heterocycles. The highest BCUT2D eigenvalue weighted by atomic mass is 35.5. The summed E-state index contributed by atoms with van der Waals surface area (Å²) < 4.78 is 5.55. The van der Waals surface area contributed by atoms with Gasteiger partial charge in [0, 0.05) is 5.56 Å². The fourth-order valence-electron chi connectivity index (χ4n) is 1.53. The maximum atomic E-state index is 11.0. The average molecular weight is 276 g/mol. The van der Waals surface area contributed by atoms with E-state index in [1.54, 1.807) is 42.5 Å². The van der Waals surface area contributed by atoms with E-state index >= 15 is 0 Å². The lowest BCUT2D eigenvalue weighted by Gasteiger charge is -2.09. The molecule has 0 heterocycles. The van der Waals surface area contributed by atoms with E-state index in [4.69, 9.17) is 22.1 Å². The van der Waals surface area contributed by atoms with Crippen LogP contribution in [0.15, 0.2) is 42.5 Å². The molecule has 0 spiro atoms. The fraction of sp³-hybridized carbons (Fsp3) is 0. The van der Waals surface area contributed by atoms with Crippen molar-refractivity contribution >= 4 is 23.8 Å². The summed E-state index contributed by atoms with van der Waals surface area (Å²) in [6.45, 7) is 0. The zero-order chi connectivity index (χ0) is 13.8. The Hall–Kier alpha value is -2.33. The van der Waals surface area contributed by atoms with Crippen molar-refractivity contribution in [2.75, 3.05) is 0 Å². The van der Waals surface area contributed by atoms with Crippen molar-refractivity contribution in [3.63, 3.8) is 0 Å². The van der Waals surface area contributed by atoms with E-state index in [0.29, 0.717) is 28.4 Å². The maximum Gasteiger partial charge on any atom is 0.248 e. The second-order valence-corrected chi connectivity index (χ2v) is 4.17. The van der Waals surface area contributed by atoms with E-state index in [1.807, 2.05) is 0 Å². The molecule has 1 amide bonds. The quantitative estimate of drug-likeness (QED) is 0.872. The van der Waals surface area contributed by atoms with E-state index in [9.17, 15) is 9.59 Å². The minimum Gasteiger partial charge on any atom is -0.457 e. The molecule has 96 valence electrons. The lowest BCUT2D eigenvalue weighted by molar-refractivity contribution is 0.1000. The fourth-order valence-corrected chi connectivity index (χ4v) is 1.75. The summed E-state index contributed by atoms with van der Waals surface area (Å²) in [6.07, 6.45) is 0.634. The molecule has 0 bridgehead atoms. The van der Waals surface area contributed by atoms with Crippen LogP contribution in [0.5, 0.6) is 11.5 Å². The first-order valence-electron chi connectivity index (χ1n) is 5.43. The van der Waals surface area contributed by atoms with Crippen LogP contribution in [-0.4, -0.2) is 12.2 Å². The molecule has 4 nitrogen and oxygen atoms in total. The Morgan fingerprint density at radius 3 is 2.42 bits per heavy atom. The number of rotatable bonds is 4. The Bertz CT molecular complexity index is 623.